The van der Waals surface area contributed by atoms with Gasteiger partial charge in [-0.1, -0.05) is 0 Å². The van der Waals surface area contributed by atoms with Crippen molar-refractivity contribution >= 4 is 21.4 Å². The van der Waals surface area contributed by atoms with Crippen LogP contribution >= 0.6 is 0 Å². The van der Waals surface area contributed by atoms with Gasteiger partial charge in [0.05, 0.1) is 22.0 Å². The van der Waals surface area contributed by atoms with Crippen LogP contribution in [0.25, 0.3) is 0 Å². The lowest BCUT2D eigenvalue weighted by Gasteiger charge is -2.10. The van der Waals surface area contributed by atoms with Gasteiger partial charge in [0.1, 0.15) is 5.75 Å². The Kier molecular flexibility index (Phi) is 3.30. The summed E-state index contributed by atoms with van der Waals surface area (Å²) in [6.45, 7) is 1.70. The van der Waals surface area contributed by atoms with Crippen molar-refractivity contribution in [3.8, 4) is 5.75 Å². The number of hydrogen-bond acceptors (Lipinski definition) is 5. The van der Waals surface area contributed by atoms with Crippen molar-refractivity contribution in [3.63, 3.8) is 0 Å². The highest BCUT2D eigenvalue weighted by Crippen LogP contribution is 2.25. The molecule has 0 radical (unpaired) electrons. The van der Waals surface area contributed by atoms with Crippen molar-refractivity contribution in [3.05, 3.63) is 42.2 Å². The number of rotatable bonds is 3. The number of nitrogens with zero attached hydrogens (tertiary/aromatic N) is 1. The summed E-state index contributed by atoms with van der Waals surface area (Å²) in [5.74, 6) is -0.156. The van der Waals surface area contributed by atoms with E-state index in [0.29, 0.717) is 11.4 Å². The zero-order chi connectivity index (χ0) is 14.0. The number of sulfonamides is 1. The first-order valence-corrected chi connectivity index (χ1v) is 6.91. The fourth-order valence-electron chi connectivity index (χ4n) is 1.50. The number of aromatic hydroxyl groups is 1. The third kappa shape index (κ3) is 2.76. The minimum Gasteiger partial charge on any atom is -0.506 e. The Morgan fingerprint density at radius 2 is 2.05 bits per heavy atom. The third-order valence-corrected chi connectivity index (χ3v) is 3.92. The molecule has 6 nitrogen and oxygen atoms in total. The highest BCUT2D eigenvalue weighted by molar-refractivity contribution is 7.92. The van der Waals surface area contributed by atoms with Crippen molar-refractivity contribution in [2.24, 2.45) is 0 Å². The van der Waals surface area contributed by atoms with E-state index in [1.54, 1.807) is 25.3 Å². The Morgan fingerprint density at radius 3 is 2.68 bits per heavy atom. The van der Waals surface area contributed by atoms with Crippen LogP contribution in [0.1, 0.15) is 5.69 Å². The number of aryl methyl sites for hydroxylation is 1. The van der Waals surface area contributed by atoms with Crippen LogP contribution in [0.4, 0.5) is 11.4 Å². The molecule has 2 aromatic rings. The largest absolute Gasteiger partial charge is 0.506 e. The Morgan fingerprint density at radius 1 is 1.32 bits per heavy atom. The molecule has 0 saturated heterocycles. The number of nitrogens with two attached hydrogens (primary N) is 1. The fourth-order valence-corrected chi connectivity index (χ4v) is 2.65. The SMILES string of the molecule is Cc1ncccc1NS(=O)(=O)c1ccc(O)c(N)c1. The zero-order valence-corrected chi connectivity index (χ0v) is 11.0. The number of hydrogen-bond donors (Lipinski definition) is 3. The van der Waals surface area contributed by atoms with Gasteiger partial charge < -0.3 is 10.8 Å². The number of phenolic OH excluding ortho intramolecular Hbond substituents is 1. The Balaban J connectivity index is 2.38. The van der Waals surface area contributed by atoms with Crippen molar-refractivity contribution in [2.75, 3.05) is 10.5 Å². The van der Waals surface area contributed by atoms with Crippen LogP contribution in [0.3, 0.4) is 0 Å². The summed E-state index contributed by atoms with van der Waals surface area (Å²) in [5, 5.41) is 9.29. The van der Waals surface area contributed by atoms with Gasteiger partial charge in [0.25, 0.3) is 10.0 Å². The lowest BCUT2D eigenvalue weighted by atomic mass is 10.3. The van der Waals surface area contributed by atoms with Crippen LogP contribution < -0.4 is 10.5 Å². The predicted octanol–water partition coefficient (Wildman–Crippen LogP) is 1.48. The Hall–Kier alpha value is -2.28. The van der Waals surface area contributed by atoms with E-state index in [2.05, 4.69) is 9.71 Å². The molecule has 100 valence electrons. The minimum absolute atomic E-state index is 0.00536. The van der Waals surface area contributed by atoms with E-state index < -0.39 is 10.0 Å². The first-order chi connectivity index (χ1) is 8.90. The zero-order valence-electron chi connectivity index (χ0n) is 10.2. The maximum Gasteiger partial charge on any atom is 0.262 e. The van der Waals surface area contributed by atoms with Crippen molar-refractivity contribution in [1.29, 1.82) is 0 Å². The number of benzene rings is 1. The van der Waals surface area contributed by atoms with E-state index >= 15 is 0 Å². The second kappa shape index (κ2) is 4.77. The summed E-state index contributed by atoms with van der Waals surface area (Å²) in [6, 6.07) is 6.96. The van der Waals surface area contributed by atoms with E-state index in [9.17, 15) is 13.5 Å². The monoisotopic (exact) mass is 279 g/mol. The summed E-state index contributed by atoms with van der Waals surface area (Å²) in [7, 11) is -3.76. The molecule has 19 heavy (non-hydrogen) atoms. The summed E-state index contributed by atoms with van der Waals surface area (Å²) >= 11 is 0. The molecule has 0 spiro atoms. The number of pyridine rings is 1. The first kappa shape index (κ1) is 13.2. The summed E-state index contributed by atoms with van der Waals surface area (Å²) in [4.78, 5) is 3.97. The lowest BCUT2D eigenvalue weighted by molar-refractivity contribution is 0.477. The maximum atomic E-state index is 12.1. The standard InChI is InChI=1S/C12H13N3O3S/c1-8-11(3-2-6-14-8)15-19(17,18)9-4-5-12(16)10(13)7-9/h2-7,15-16H,13H2,1H3. The molecular weight excluding hydrogens is 266 g/mol. The molecule has 0 aliphatic rings. The summed E-state index contributed by atoms with van der Waals surface area (Å²) < 4.78 is 26.7. The molecule has 0 aliphatic carbocycles. The molecule has 0 saturated carbocycles. The highest BCUT2D eigenvalue weighted by atomic mass is 32.2. The number of phenols is 1. The molecule has 7 heteroatoms. The second-order valence-electron chi connectivity index (χ2n) is 3.96. The fraction of sp³-hybridized carbons (Fsp3) is 0.0833. The summed E-state index contributed by atoms with van der Waals surface area (Å²) in [5.41, 5.74) is 6.46. The van der Waals surface area contributed by atoms with Gasteiger partial charge in [0.15, 0.2) is 0 Å². The molecule has 0 atom stereocenters. The van der Waals surface area contributed by atoms with Gasteiger partial charge in [0.2, 0.25) is 0 Å². The average molecular weight is 279 g/mol. The molecule has 4 N–H and O–H groups in total. The Labute approximate surface area is 111 Å². The number of nitrogens with one attached hydrogen (secondary N) is 1. The van der Waals surface area contributed by atoms with E-state index in [1.165, 1.54) is 18.2 Å². The van der Waals surface area contributed by atoms with Gasteiger partial charge in [-0.15, -0.1) is 0 Å². The van der Waals surface area contributed by atoms with Gasteiger partial charge in [-0.2, -0.15) is 0 Å². The van der Waals surface area contributed by atoms with Crippen LogP contribution in [0.2, 0.25) is 0 Å². The lowest BCUT2D eigenvalue weighted by Crippen LogP contribution is -2.14. The molecule has 0 amide bonds. The topological polar surface area (TPSA) is 105 Å². The molecule has 0 aliphatic heterocycles. The van der Waals surface area contributed by atoms with Gasteiger partial charge in [-0.3, -0.25) is 9.71 Å². The van der Waals surface area contributed by atoms with Crippen molar-refractivity contribution < 1.29 is 13.5 Å². The van der Waals surface area contributed by atoms with Crippen LogP contribution in [0.5, 0.6) is 5.75 Å². The minimum atomic E-state index is -3.76. The average Bonchev–Trinajstić information content (AvgIpc) is 2.35. The predicted molar refractivity (Wildman–Crippen MR) is 72.3 cm³/mol. The molecule has 2 rings (SSSR count). The van der Waals surface area contributed by atoms with Crippen LogP contribution in [-0.4, -0.2) is 18.5 Å². The van der Waals surface area contributed by atoms with Crippen LogP contribution in [0.15, 0.2) is 41.4 Å². The second-order valence-corrected chi connectivity index (χ2v) is 5.64. The first-order valence-electron chi connectivity index (χ1n) is 5.43. The van der Waals surface area contributed by atoms with E-state index in [4.69, 9.17) is 5.73 Å². The van der Waals surface area contributed by atoms with Crippen molar-refractivity contribution in [2.45, 2.75) is 11.8 Å². The van der Waals surface area contributed by atoms with Gasteiger partial charge in [-0.25, -0.2) is 8.42 Å². The maximum absolute atomic E-state index is 12.1. The molecule has 1 heterocycles. The number of anilines is 2. The van der Waals surface area contributed by atoms with Gasteiger partial charge in [-0.05, 0) is 37.3 Å². The molecule has 1 aromatic heterocycles. The van der Waals surface area contributed by atoms with Gasteiger partial charge >= 0.3 is 0 Å². The van der Waals surface area contributed by atoms with Gasteiger partial charge in [0, 0.05) is 6.20 Å². The molecule has 0 bridgehead atoms. The number of nitrogen functional groups attached to an aromatic ring is 1. The quantitative estimate of drug-likeness (QED) is 0.583. The number of aromatic nitrogens is 1. The van der Waals surface area contributed by atoms with E-state index in [1.807, 2.05) is 0 Å². The van der Waals surface area contributed by atoms with E-state index in [0.717, 1.165) is 0 Å². The third-order valence-electron chi connectivity index (χ3n) is 2.56. The normalized spacial score (nSPS) is 11.2. The molecular formula is C12H13N3O3S. The highest BCUT2D eigenvalue weighted by Gasteiger charge is 2.16. The Bertz CT molecular complexity index is 714. The molecule has 0 unspecified atom stereocenters. The molecule has 0 fully saturated rings. The van der Waals surface area contributed by atoms with Crippen molar-refractivity contribution in [1.82, 2.24) is 4.98 Å². The van der Waals surface area contributed by atoms with E-state index in [-0.39, 0.29) is 16.3 Å². The smallest absolute Gasteiger partial charge is 0.262 e. The summed E-state index contributed by atoms with van der Waals surface area (Å²) in [6.07, 6.45) is 1.58. The van der Waals surface area contributed by atoms with Crippen LogP contribution in [-0.2, 0) is 10.0 Å². The van der Waals surface area contributed by atoms with Crippen LogP contribution in [0, 0.1) is 6.92 Å². The molecule has 1 aromatic carbocycles.